The number of ether oxygens (including phenoxy) is 1. The Morgan fingerprint density at radius 2 is 1.67 bits per heavy atom. The number of hydroxylamine groups is 2. The van der Waals surface area contributed by atoms with Crippen molar-refractivity contribution in [1.82, 2.24) is 5.06 Å². The van der Waals surface area contributed by atoms with E-state index in [-0.39, 0.29) is 0 Å². The first kappa shape index (κ1) is 15.9. The Kier molecular flexibility index (Phi) is 9.54. The van der Waals surface area contributed by atoms with E-state index in [9.17, 15) is 0 Å². The molecule has 0 aromatic rings. The molecule has 108 valence electrons. The second-order valence-corrected chi connectivity index (χ2v) is 5.68. The zero-order valence-electron chi connectivity index (χ0n) is 12.3. The normalized spacial score (nSPS) is 16.2. The third-order valence-electron chi connectivity index (χ3n) is 3.38. The molecule has 18 heavy (non-hydrogen) atoms. The van der Waals surface area contributed by atoms with Gasteiger partial charge in [0, 0.05) is 26.3 Å². The lowest BCUT2D eigenvalue weighted by Crippen LogP contribution is -2.40. The van der Waals surface area contributed by atoms with Gasteiger partial charge in [-0.2, -0.15) is 5.06 Å². The smallest absolute Gasteiger partial charge is 0.0835 e. The maximum absolute atomic E-state index is 5.62. The van der Waals surface area contributed by atoms with E-state index in [1.165, 1.54) is 38.5 Å². The summed E-state index contributed by atoms with van der Waals surface area (Å²) in [5, 5.41) is 2.01. The van der Waals surface area contributed by atoms with Crippen molar-refractivity contribution in [1.29, 1.82) is 0 Å². The van der Waals surface area contributed by atoms with Crippen molar-refractivity contribution in [2.24, 2.45) is 5.92 Å². The predicted molar refractivity (Wildman–Crippen MR) is 75.5 cm³/mol. The molecule has 1 heterocycles. The Morgan fingerprint density at radius 3 is 2.33 bits per heavy atom. The van der Waals surface area contributed by atoms with E-state index in [1.807, 2.05) is 5.06 Å². The van der Waals surface area contributed by atoms with Crippen molar-refractivity contribution < 1.29 is 9.57 Å². The van der Waals surface area contributed by atoms with Crippen molar-refractivity contribution in [2.45, 2.75) is 58.8 Å². The molecule has 0 aromatic heterocycles. The van der Waals surface area contributed by atoms with Crippen LogP contribution in [0.5, 0.6) is 0 Å². The number of rotatable bonds is 12. The minimum Gasteiger partial charge on any atom is -0.381 e. The van der Waals surface area contributed by atoms with Gasteiger partial charge in [-0.25, -0.2) is 0 Å². The molecule has 0 spiro atoms. The Morgan fingerprint density at radius 1 is 1.00 bits per heavy atom. The number of unbranched alkanes of at least 4 members (excludes halogenated alkanes) is 4. The zero-order chi connectivity index (χ0) is 13.1. The summed E-state index contributed by atoms with van der Waals surface area (Å²) in [4.78, 5) is 5.21. The van der Waals surface area contributed by atoms with Crippen LogP contribution in [0, 0.1) is 5.92 Å². The fourth-order valence-corrected chi connectivity index (χ4v) is 2.13. The maximum atomic E-state index is 5.62. The lowest BCUT2D eigenvalue weighted by molar-refractivity contribution is -0.247. The van der Waals surface area contributed by atoms with Gasteiger partial charge < -0.3 is 4.74 Å². The fourth-order valence-electron chi connectivity index (χ4n) is 2.13. The number of hydrogen-bond acceptors (Lipinski definition) is 3. The molecule has 0 saturated carbocycles. The van der Waals surface area contributed by atoms with Crippen LogP contribution in [-0.4, -0.2) is 38.0 Å². The van der Waals surface area contributed by atoms with Gasteiger partial charge >= 0.3 is 0 Å². The SMILES string of the molecule is CC(C)CCCCCCCOCCCN1CCO1. The van der Waals surface area contributed by atoms with E-state index in [0.29, 0.717) is 0 Å². The van der Waals surface area contributed by atoms with E-state index in [2.05, 4.69) is 13.8 Å². The first-order valence-corrected chi connectivity index (χ1v) is 7.74. The lowest BCUT2D eigenvalue weighted by Gasteiger charge is -2.29. The Balaban J connectivity index is 1.65. The van der Waals surface area contributed by atoms with Crippen molar-refractivity contribution in [3.05, 3.63) is 0 Å². The second kappa shape index (κ2) is 10.8. The molecule has 0 atom stereocenters. The third kappa shape index (κ3) is 8.90. The van der Waals surface area contributed by atoms with Crippen LogP contribution in [-0.2, 0) is 9.57 Å². The topological polar surface area (TPSA) is 21.7 Å². The summed E-state index contributed by atoms with van der Waals surface area (Å²) in [6.45, 7) is 9.44. The highest BCUT2D eigenvalue weighted by atomic mass is 16.7. The van der Waals surface area contributed by atoms with Gasteiger partial charge in [-0.3, -0.25) is 4.84 Å². The Bertz CT molecular complexity index is 181. The summed E-state index contributed by atoms with van der Waals surface area (Å²) in [6, 6.07) is 0. The van der Waals surface area contributed by atoms with E-state index in [1.54, 1.807) is 0 Å². The van der Waals surface area contributed by atoms with Crippen LogP contribution in [0.25, 0.3) is 0 Å². The summed E-state index contributed by atoms with van der Waals surface area (Å²) in [5.74, 6) is 0.865. The highest BCUT2D eigenvalue weighted by molar-refractivity contribution is 4.53. The standard InChI is InChI=1S/C15H31NO2/c1-15(2)9-6-4-3-5-7-12-17-13-8-10-16-11-14-18-16/h15H,3-14H2,1-2H3. The van der Waals surface area contributed by atoms with Crippen LogP contribution in [0.1, 0.15) is 58.8 Å². The molecular weight excluding hydrogens is 226 g/mol. The zero-order valence-corrected chi connectivity index (χ0v) is 12.3. The van der Waals surface area contributed by atoms with Gasteiger partial charge in [0.1, 0.15) is 0 Å². The van der Waals surface area contributed by atoms with E-state index < -0.39 is 0 Å². The van der Waals surface area contributed by atoms with Crippen molar-refractivity contribution in [3.8, 4) is 0 Å². The van der Waals surface area contributed by atoms with Gasteiger partial charge in [-0.15, -0.1) is 0 Å². The van der Waals surface area contributed by atoms with E-state index in [4.69, 9.17) is 9.57 Å². The average molecular weight is 257 g/mol. The fraction of sp³-hybridized carbons (Fsp3) is 1.00. The quantitative estimate of drug-likeness (QED) is 0.498. The number of hydrogen-bond donors (Lipinski definition) is 0. The molecule has 0 unspecified atom stereocenters. The first-order chi connectivity index (χ1) is 8.79. The monoisotopic (exact) mass is 257 g/mol. The summed E-state index contributed by atoms with van der Waals surface area (Å²) in [7, 11) is 0. The molecule has 3 heteroatoms. The molecule has 1 saturated heterocycles. The highest BCUT2D eigenvalue weighted by Crippen LogP contribution is 2.10. The number of nitrogens with zero attached hydrogens (tertiary/aromatic N) is 1. The van der Waals surface area contributed by atoms with Gasteiger partial charge in [0.25, 0.3) is 0 Å². The molecule has 0 N–H and O–H groups in total. The summed E-state index contributed by atoms with van der Waals surface area (Å²) < 4.78 is 5.62. The van der Waals surface area contributed by atoms with Crippen LogP contribution in [0.15, 0.2) is 0 Å². The molecule has 1 fully saturated rings. The molecule has 1 rings (SSSR count). The predicted octanol–water partition coefficient (Wildman–Crippen LogP) is 3.64. The van der Waals surface area contributed by atoms with Gasteiger partial charge in [0.05, 0.1) is 6.61 Å². The summed E-state index contributed by atoms with van der Waals surface area (Å²) >= 11 is 0. The van der Waals surface area contributed by atoms with E-state index >= 15 is 0 Å². The first-order valence-electron chi connectivity index (χ1n) is 7.74. The molecule has 0 aliphatic carbocycles. The molecule has 0 radical (unpaired) electrons. The minimum atomic E-state index is 0.865. The second-order valence-electron chi connectivity index (χ2n) is 5.68. The lowest BCUT2D eigenvalue weighted by atomic mass is 10.0. The highest BCUT2D eigenvalue weighted by Gasteiger charge is 2.13. The third-order valence-corrected chi connectivity index (χ3v) is 3.38. The van der Waals surface area contributed by atoms with Crippen LogP contribution in [0.2, 0.25) is 0 Å². The summed E-state index contributed by atoms with van der Waals surface area (Å²) in [5.41, 5.74) is 0. The Labute approximate surface area is 113 Å². The summed E-state index contributed by atoms with van der Waals surface area (Å²) in [6.07, 6.45) is 9.19. The molecule has 3 nitrogen and oxygen atoms in total. The van der Waals surface area contributed by atoms with Crippen LogP contribution in [0.3, 0.4) is 0 Å². The van der Waals surface area contributed by atoms with Crippen molar-refractivity contribution in [2.75, 3.05) is 32.9 Å². The van der Waals surface area contributed by atoms with Gasteiger partial charge in [0.2, 0.25) is 0 Å². The molecular formula is C15H31NO2. The molecule has 0 aromatic carbocycles. The van der Waals surface area contributed by atoms with Crippen molar-refractivity contribution in [3.63, 3.8) is 0 Å². The van der Waals surface area contributed by atoms with Gasteiger partial charge in [-0.05, 0) is 18.8 Å². The van der Waals surface area contributed by atoms with E-state index in [0.717, 1.165) is 45.2 Å². The van der Waals surface area contributed by atoms with Gasteiger partial charge in [0.15, 0.2) is 0 Å². The van der Waals surface area contributed by atoms with Crippen LogP contribution >= 0.6 is 0 Å². The van der Waals surface area contributed by atoms with Gasteiger partial charge in [-0.1, -0.05) is 46.0 Å². The molecule has 1 aliphatic heterocycles. The Hall–Kier alpha value is -0.120. The van der Waals surface area contributed by atoms with Crippen molar-refractivity contribution >= 4 is 0 Å². The minimum absolute atomic E-state index is 0.865. The average Bonchev–Trinajstić information content (AvgIpc) is 2.28. The molecule has 0 amide bonds. The van der Waals surface area contributed by atoms with Crippen LogP contribution in [0.4, 0.5) is 0 Å². The molecule has 1 aliphatic rings. The largest absolute Gasteiger partial charge is 0.381 e. The molecule has 0 bridgehead atoms. The van der Waals surface area contributed by atoms with Crippen LogP contribution < -0.4 is 0 Å². The maximum Gasteiger partial charge on any atom is 0.0835 e.